The first-order valence-corrected chi connectivity index (χ1v) is 3.78. The predicted octanol–water partition coefficient (Wildman–Crippen LogP) is 0.899. The zero-order chi connectivity index (χ0) is 7.03. The van der Waals surface area contributed by atoms with E-state index >= 15 is 0 Å². The monoisotopic (exact) mass is 181 g/mol. The Balaban J connectivity index is 0.000000605. The van der Waals surface area contributed by atoms with E-state index in [0.29, 0.717) is 12.6 Å². The first-order valence-electron chi connectivity index (χ1n) is 3.78. The van der Waals surface area contributed by atoms with E-state index in [1.165, 1.54) is 0 Å². The van der Waals surface area contributed by atoms with Crippen molar-refractivity contribution in [3.05, 3.63) is 0 Å². The molecule has 1 N–H and O–H groups in total. The van der Waals surface area contributed by atoms with Crippen LogP contribution < -0.4 is 5.32 Å². The maximum Gasteiger partial charge on any atom is 0.120 e. The van der Waals surface area contributed by atoms with Crippen LogP contribution in [0.15, 0.2) is 0 Å². The van der Waals surface area contributed by atoms with Gasteiger partial charge in [-0.05, 0) is 12.8 Å². The summed E-state index contributed by atoms with van der Waals surface area (Å²) in [5.74, 6) is 0. The molecular weight excluding hydrogens is 169 g/mol. The second kappa shape index (κ2) is 3.25. The van der Waals surface area contributed by atoms with Crippen molar-refractivity contribution < 1.29 is 9.13 Å². The molecule has 0 spiro atoms. The summed E-state index contributed by atoms with van der Waals surface area (Å²) >= 11 is 0. The summed E-state index contributed by atoms with van der Waals surface area (Å²) in [5.41, 5.74) is -0.442. The van der Waals surface area contributed by atoms with Gasteiger partial charge in [0.05, 0.1) is 0 Å². The van der Waals surface area contributed by atoms with Crippen LogP contribution in [0.5, 0.6) is 0 Å². The minimum Gasteiger partial charge on any atom is -0.371 e. The van der Waals surface area contributed by atoms with Crippen LogP contribution in [0.1, 0.15) is 12.8 Å². The van der Waals surface area contributed by atoms with E-state index in [1.807, 2.05) is 0 Å². The van der Waals surface area contributed by atoms with E-state index in [4.69, 9.17) is 4.74 Å². The molecule has 0 amide bonds. The lowest BCUT2D eigenvalue weighted by Crippen LogP contribution is -2.39. The van der Waals surface area contributed by atoms with Crippen molar-refractivity contribution in [2.24, 2.45) is 0 Å². The van der Waals surface area contributed by atoms with Crippen LogP contribution in [0.4, 0.5) is 4.39 Å². The molecule has 2 aliphatic heterocycles. The Kier molecular flexibility index (Phi) is 2.73. The predicted molar refractivity (Wildman–Crippen MR) is 42.9 cm³/mol. The van der Waals surface area contributed by atoms with Crippen LogP contribution >= 0.6 is 12.4 Å². The standard InChI is InChI=1S/C7H12FNO.ClH/c8-4-7-3-6(9-5-7)1-2-10-7;/h6,9H,1-5H2;1H. The SMILES string of the molecule is Cl.FCC12CNC(CCO1)C2. The van der Waals surface area contributed by atoms with Gasteiger partial charge in [0.15, 0.2) is 0 Å². The first kappa shape index (κ1) is 9.23. The summed E-state index contributed by atoms with van der Waals surface area (Å²) in [6.07, 6.45) is 1.91. The molecule has 2 nitrogen and oxygen atoms in total. The summed E-state index contributed by atoms with van der Waals surface area (Å²) in [6, 6.07) is 0.518. The summed E-state index contributed by atoms with van der Waals surface area (Å²) in [5, 5.41) is 3.25. The zero-order valence-corrected chi connectivity index (χ0v) is 7.12. The van der Waals surface area contributed by atoms with Crippen LogP contribution in [0.2, 0.25) is 0 Å². The van der Waals surface area contributed by atoms with E-state index in [0.717, 1.165) is 19.4 Å². The summed E-state index contributed by atoms with van der Waals surface area (Å²) in [4.78, 5) is 0. The van der Waals surface area contributed by atoms with Gasteiger partial charge in [0.2, 0.25) is 0 Å². The van der Waals surface area contributed by atoms with Crippen molar-refractivity contribution >= 4 is 12.4 Å². The van der Waals surface area contributed by atoms with Gasteiger partial charge in [0, 0.05) is 19.2 Å². The lowest BCUT2D eigenvalue weighted by Gasteiger charge is -2.29. The van der Waals surface area contributed by atoms with E-state index in [1.54, 1.807) is 0 Å². The molecule has 0 aromatic carbocycles. The molecule has 0 aliphatic carbocycles. The summed E-state index contributed by atoms with van der Waals surface area (Å²) < 4.78 is 17.8. The second-order valence-electron chi connectivity index (χ2n) is 3.24. The number of halogens is 2. The van der Waals surface area contributed by atoms with Crippen LogP contribution in [-0.2, 0) is 4.74 Å². The minimum atomic E-state index is -0.442. The fourth-order valence-electron chi connectivity index (χ4n) is 1.80. The molecule has 0 radical (unpaired) electrons. The molecule has 66 valence electrons. The van der Waals surface area contributed by atoms with Gasteiger partial charge in [-0.2, -0.15) is 0 Å². The second-order valence-corrected chi connectivity index (χ2v) is 3.24. The van der Waals surface area contributed by atoms with E-state index in [-0.39, 0.29) is 19.1 Å². The van der Waals surface area contributed by atoms with Crippen LogP contribution in [0.3, 0.4) is 0 Å². The molecule has 2 rings (SSSR count). The Labute approximate surface area is 71.9 Å². The minimum absolute atomic E-state index is 0. The number of alkyl halides is 1. The molecule has 2 fully saturated rings. The third-order valence-electron chi connectivity index (χ3n) is 2.45. The van der Waals surface area contributed by atoms with Crippen LogP contribution in [0, 0.1) is 0 Å². The van der Waals surface area contributed by atoms with Crippen LogP contribution in [-0.4, -0.2) is 31.5 Å². The molecule has 2 heterocycles. The molecule has 0 saturated carbocycles. The summed E-state index contributed by atoms with van der Waals surface area (Å²) in [7, 11) is 0. The van der Waals surface area contributed by atoms with Gasteiger partial charge >= 0.3 is 0 Å². The van der Waals surface area contributed by atoms with Gasteiger partial charge < -0.3 is 10.1 Å². The maximum absolute atomic E-state index is 12.4. The molecule has 2 saturated heterocycles. The lowest BCUT2D eigenvalue weighted by molar-refractivity contribution is -0.0649. The largest absolute Gasteiger partial charge is 0.371 e. The zero-order valence-electron chi connectivity index (χ0n) is 6.31. The number of nitrogens with one attached hydrogen (secondary N) is 1. The van der Waals surface area contributed by atoms with Crippen molar-refractivity contribution in [3.63, 3.8) is 0 Å². The fourth-order valence-corrected chi connectivity index (χ4v) is 1.80. The number of hydrogen-bond donors (Lipinski definition) is 1. The average molecular weight is 182 g/mol. The fraction of sp³-hybridized carbons (Fsp3) is 1.00. The Morgan fingerprint density at radius 3 is 3.09 bits per heavy atom. The third-order valence-corrected chi connectivity index (χ3v) is 2.45. The quantitative estimate of drug-likeness (QED) is 0.649. The number of hydrogen-bond acceptors (Lipinski definition) is 2. The van der Waals surface area contributed by atoms with Gasteiger partial charge in [-0.1, -0.05) is 0 Å². The molecule has 0 aromatic heterocycles. The molecule has 2 aliphatic rings. The smallest absolute Gasteiger partial charge is 0.120 e. The molecule has 0 aromatic rings. The highest BCUT2D eigenvalue weighted by Crippen LogP contribution is 2.30. The highest BCUT2D eigenvalue weighted by Gasteiger charge is 2.43. The molecule has 11 heavy (non-hydrogen) atoms. The van der Waals surface area contributed by atoms with Crippen molar-refractivity contribution in [1.82, 2.24) is 5.32 Å². The highest BCUT2D eigenvalue weighted by atomic mass is 35.5. The van der Waals surface area contributed by atoms with Crippen molar-refractivity contribution in [1.29, 1.82) is 0 Å². The van der Waals surface area contributed by atoms with Gasteiger partial charge in [-0.15, -0.1) is 12.4 Å². The Bertz CT molecular complexity index is 142. The molecule has 4 heteroatoms. The van der Waals surface area contributed by atoms with E-state index < -0.39 is 5.60 Å². The molecule has 2 bridgehead atoms. The van der Waals surface area contributed by atoms with Crippen molar-refractivity contribution in [2.45, 2.75) is 24.5 Å². The highest BCUT2D eigenvalue weighted by molar-refractivity contribution is 5.85. The van der Waals surface area contributed by atoms with Crippen molar-refractivity contribution in [2.75, 3.05) is 19.8 Å². The van der Waals surface area contributed by atoms with Gasteiger partial charge in [-0.3, -0.25) is 0 Å². The van der Waals surface area contributed by atoms with Crippen molar-refractivity contribution in [3.8, 4) is 0 Å². The average Bonchev–Trinajstić information content (AvgIpc) is 2.29. The molecule has 2 atom stereocenters. The van der Waals surface area contributed by atoms with Gasteiger partial charge in [0.25, 0.3) is 0 Å². The Morgan fingerprint density at radius 1 is 1.64 bits per heavy atom. The van der Waals surface area contributed by atoms with E-state index in [2.05, 4.69) is 5.32 Å². The molecular formula is C7H13ClFNO. The van der Waals surface area contributed by atoms with Crippen LogP contribution in [0.25, 0.3) is 0 Å². The molecule has 2 unspecified atom stereocenters. The number of ether oxygens (including phenoxy) is 1. The van der Waals surface area contributed by atoms with Gasteiger partial charge in [0.1, 0.15) is 12.3 Å². The number of rotatable bonds is 1. The first-order chi connectivity index (χ1) is 4.85. The Morgan fingerprint density at radius 2 is 2.45 bits per heavy atom. The maximum atomic E-state index is 12.4. The lowest BCUT2D eigenvalue weighted by atomic mass is 9.97. The number of fused-ring (bicyclic) bond motifs is 2. The Hall–Kier alpha value is 0.140. The normalized spacial score (nSPS) is 41.7. The summed E-state index contributed by atoms with van der Waals surface area (Å²) in [6.45, 7) is 1.09. The van der Waals surface area contributed by atoms with E-state index in [9.17, 15) is 4.39 Å². The third kappa shape index (κ3) is 1.50. The van der Waals surface area contributed by atoms with Gasteiger partial charge in [-0.25, -0.2) is 4.39 Å². The topological polar surface area (TPSA) is 21.3 Å².